The van der Waals surface area contributed by atoms with Crippen molar-refractivity contribution in [2.75, 3.05) is 12.3 Å². The summed E-state index contributed by atoms with van der Waals surface area (Å²) >= 11 is 0. The van der Waals surface area contributed by atoms with Crippen molar-refractivity contribution in [3.05, 3.63) is 35.5 Å². The van der Waals surface area contributed by atoms with E-state index in [0.29, 0.717) is 13.0 Å². The Labute approximate surface area is 116 Å². The predicted octanol–water partition coefficient (Wildman–Crippen LogP) is 0.940. The lowest BCUT2D eigenvalue weighted by atomic mass is 10.1. The summed E-state index contributed by atoms with van der Waals surface area (Å²) in [5, 5.41) is 9.69. The van der Waals surface area contributed by atoms with Crippen molar-refractivity contribution in [2.45, 2.75) is 13.0 Å². The van der Waals surface area contributed by atoms with Gasteiger partial charge in [0.2, 0.25) is 10.0 Å². The van der Waals surface area contributed by atoms with Gasteiger partial charge in [0.05, 0.1) is 0 Å². The Morgan fingerprint density at radius 1 is 1.35 bits per heavy atom. The summed E-state index contributed by atoms with van der Waals surface area (Å²) in [6.07, 6.45) is 0.572. The van der Waals surface area contributed by atoms with E-state index in [1.54, 1.807) is 0 Å². The number of rotatable bonds is 3. The summed E-state index contributed by atoms with van der Waals surface area (Å²) in [5.74, 6) is -2.18. The third-order valence-corrected chi connectivity index (χ3v) is 5.26. The van der Waals surface area contributed by atoms with Gasteiger partial charge in [-0.15, -0.1) is 0 Å². The van der Waals surface area contributed by atoms with Gasteiger partial charge in [-0.25, -0.2) is 8.42 Å². The third kappa shape index (κ3) is 2.19. The highest BCUT2D eigenvalue weighted by atomic mass is 32.2. The molecule has 0 saturated carbocycles. The maximum atomic E-state index is 12.0. The molecule has 1 aromatic heterocycles. The summed E-state index contributed by atoms with van der Waals surface area (Å²) in [6.45, 7) is 0.546. The van der Waals surface area contributed by atoms with E-state index < -0.39 is 21.7 Å². The SMILES string of the molecule is O=C(O)CS(=O)(=O)N1CCc2[nH]c3ccccc3c2C1. The van der Waals surface area contributed by atoms with Crippen LogP contribution in [0.2, 0.25) is 0 Å². The van der Waals surface area contributed by atoms with Gasteiger partial charge >= 0.3 is 5.97 Å². The fourth-order valence-electron chi connectivity index (χ4n) is 2.63. The number of hydrogen-bond donors (Lipinski definition) is 2. The van der Waals surface area contributed by atoms with Crippen LogP contribution in [0.1, 0.15) is 11.3 Å². The molecule has 0 fully saturated rings. The molecule has 1 aromatic carbocycles. The number of benzene rings is 1. The molecule has 2 N–H and O–H groups in total. The molecule has 0 bridgehead atoms. The number of aliphatic carboxylic acids is 1. The second kappa shape index (κ2) is 4.60. The topological polar surface area (TPSA) is 90.5 Å². The van der Waals surface area contributed by atoms with Crippen LogP contribution in [0.3, 0.4) is 0 Å². The number of aromatic nitrogens is 1. The first-order chi connectivity index (χ1) is 9.47. The molecule has 0 radical (unpaired) electrons. The standard InChI is InChI=1S/C13H14N2O4S/c16-13(17)8-20(18,19)15-6-5-12-10(7-15)9-3-1-2-4-11(9)14-12/h1-4,14H,5-8H2,(H,16,17). The molecular formula is C13H14N2O4S. The van der Waals surface area contributed by atoms with E-state index in [1.165, 1.54) is 4.31 Å². The monoisotopic (exact) mass is 294 g/mol. The summed E-state index contributed by atoms with van der Waals surface area (Å²) in [5.41, 5.74) is 2.96. The highest BCUT2D eigenvalue weighted by molar-refractivity contribution is 7.89. The number of H-pyrrole nitrogens is 1. The average molecular weight is 294 g/mol. The maximum Gasteiger partial charge on any atom is 0.320 e. The van der Waals surface area contributed by atoms with Crippen molar-refractivity contribution < 1.29 is 18.3 Å². The number of sulfonamides is 1. The number of carbonyl (C=O) groups is 1. The lowest BCUT2D eigenvalue weighted by Gasteiger charge is -2.25. The minimum absolute atomic E-state index is 0.231. The van der Waals surface area contributed by atoms with Crippen molar-refractivity contribution in [3.63, 3.8) is 0 Å². The molecule has 7 heteroatoms. The van der Waals surface area contributed by atoms with E-state index in [0.717, 1.165) is 22.2 Å². The second-order valence-corrected chi connectivity index (χ2v) is 6.83. The predicted molar refractivity (Wildman–Crippen MR) is 73.8 cm³/mol. The zero-order valence-electron chi connectivity index (χ0n) is 10.7. The molecule has 2 heterocycles. The fraction of sp³-hybridized carbons (Fsp3) is 0.308. The van der Waals surface area contributed by atoms with E-state index in [2.05, 4.69) is 4.98 Å². The van der Waals surface area contributed by atoms with Gasteiger partial charge in [0.1, 0.15) is 0 Å². The number of hydrogen-bond acceptors (Lipinski definition) is 3. The van der Waals surface area contributed by atoms with E-state index in [1.807, 2.05) is 24.3 Å². The number of para-hydroxylation sites is 1. The van der Waals surface area contributed by atoms with Crippen molar-refractivity contribution in [2.24, 2.45) is 0 Å². The number of nitrogens with one attached hydrogen (secondary N) is 1. The first kappa shape index (κ1) is 13.1. The van der Waals surface area contributed by atoms with Gasteiger partial charge < -0.3 is 10.1 Å². The van der Waals surface area contributed by atoms with Crippen molar-refractivity contribution in [1.82, 2.24) is 9.29 Å². The number of fused-ring (bicyclic) bond motifs is 3. The molecule has 0 aliphatic carbocycles. The van der Waals surface area contributed by atoms with Crippen LogP contribution in [0.4, 0.5) is 0 Å². The van der Waals surface area contributed by atoms with Crippen LogP contribution in [-0.4, -0.2) is 41.1 Å². The van der Waals surface area contributed by atoms with Crippen LogP contribution < -0.4 is 0 Å². The van der Waals surface area contributed by atoms with Gasteiger partial charge in [-0.05, 0) is 11.6 Å². The first-order valence-electron chi connectivity index (χ1n) is 6.25. The summed E-state index contributed by atoms with van der Waals surface area (Å²) < 4.78 is 25.3. The Morgan fingerprint density at radius 2 is 2.10 bits per heavy atom. The largest absolute Gasteiger partial charge is 0.480 e. The minimum atomic E-state index is -3.75. The lowest BCUT2D eigenvalue weighted by molar-refractivity contribution is -0.134. The minimum Gasteiger partial charge on any atom is -0.480 e. The van der Waals surface area contributed by atoms with Gasteiger partial charge in [-0.3, -0.25) is 4.79 Å². The molecule has 0 unspecified atom stereocenters. The molecule has 0 spiro atoms. The van der Waals surface area contributed by atoms with Gasteiger partial charge in [0.15, 0.2) is 5.75 Å². The molecule has 20 heavy (non-hydrogen) atoms. The van der Waals surface area contributed by atoms with Crippen LogP contribution in [0, 0.1) is 0 Å². The molecule has 0 saturated heterocycles. The van der Waals surface area contributed by atoms with E-state index in [4.69, 9.17) is 5.11 Å². The van der Waals surface area contributed by atoms with Gasteiger partial charge in [0.25, 0.3) is 0 Å². The number of nitrogens with zero attached hydrogens (tertiary/aromatic N) is 1. The molecule has 2 aromatic rings. The number of aromatic amines is 1. The van der Waals surface area contributed by atoms with Crippen LogP contribution >= 0.6 is 0 Å². The van der Waals surface area contributed by atoms with Crippen molar-refractivity contribution in [1.29, 1.82) is 0 Å². The number of carboxylic acid groups (broad SMARTS) is 1. The Hall–Kier alpha value is -1.86. The molecule has 3 rings (SSSR count). The van der Waals surface area contributed by atoms with E-state index >= 15 is 0 Å². The summed E-state index contributed by atoms with van der Waals surface area (Å²) in [4.78, 5) is 13.9. The normalized spacial score (nSPS) is 16.2. The molecule has 0 amide bonds. The molecule has 1 aliphatic heterocycles. The Balaban J connectivity index is 1.97. The summed E-state index contributed by atoms with van der Waals surface area (Å²) in [7, 11) is -3.75. The quantitative estimate of drug-likeness (QED) is 0.881. The second-order valence-electron chi connectivity index (χ2n) is 4.86. The average Bonchev–Trinajstić information content (AvgIpc) is 2.74. The zero-order chi connectivity index (χ0) is 14.3. The van der Waals surface area contributed by atoms with Crippen molar-refractivity contribution in [3.8, 4) is 0 Å². The fourth-order valence-corrected chi connectivity index (χ4v) is 3.82. The Kier molecular flexibility index (Phi) is 3.02. The lowest BCUT2D eigenvalue weighted by Crippen LogP contribution is -2.38. The van der Waals surface area contributed by atoms with Gasteiger partial charge in [-0.2, -0.15) is 4.31 Å². The summed E-state index contributed by atoms with van der Waals surface area (Å²) in [6, 6.07) is 7.71. The molecule has 6 nitrogen and oxygen atoms in total. The highest BCUT2D eigenvalue weighted by Crippen LogP contribution is 2.28. The van der Waals surface area contributed by atoms with Crippen molar-refractivity contribution >= 4 is 26.9 Å². The molecule has 106 valence electrons. The Bertz CT molecular complexity index is 779. The maximum absolute atomic E-state index is 12.0. The van der Waals surface area contributed by atoms with Crippen LogP contribution in [0.15, 0.2) is 24.3 Å². The van der Waals surface area contributed by atoms with E-state index in [-0.39, 0.29) is 6.54 Å². The third-order valence-electron chi connectivity index (χ3n) is 3.55. The van der Waals surface area contributed by atoms with Gasteiger partial charge in [-0.1, -0.05) is 18.2 Å². The van der Waals surface area contributed by atoms with Gasteiger partial charge in [0, 0.05) is 36.1 Å². The molecule has 0 atom stereocenters. The highest BCUT2D eigenvalue weighted by Gasteiger charge is 2.30. The molecular weight excluding hydrogens is 280 g/mol. The van der Waals surface area contributed by atoms with Crippen LogP contribution in [-0.2, 0) is 27.8 Å². The first-order valence-corrected chi connectivity index (χ1v) is 7.86. The Morgan fingerprint density at radius 3 is 2.85 bits per heavy atom. The smallest absolute Gasteiger partial charge is 0.320 e. The van der Waals surface area contributed by atoms with E-state index in [9.17, 15) is 13.2 Å². The van der Waals surface area contributed by atoms with Crippen LogP contribution in [0.5, 0.6) is 0 Å². The molecule has 1 aliphatic rings. The van der Waals surface area contributed by atoms with Crippen LogP contribution in [0.25, 0.3) is 10.9 Å². The number of carboxylic acids is 1. The zero-order valence-corrected chi connectivity index (χ0v) is 11.5.